The molecule has 1 aliphatic heterocycles. The molecule has 0 unspecified atom stereocenters. The van der Waals surface area contributed by atoms with Gasteiger partial charge in [0.1, 0.15) is 15.3 Å². The molecule has 1 saturated heterocycles. The zero-order valence-corrected chi connectivity index (χ0v) is 19.3. The van der Waals surface area contributed by atoms with Crippen molar-refractivity contribution in [3.8, 4) is 6.07 Å². The number of benzene rings is 1. The minimum Gasteiger partial charge on any atom is -0.477 e. The van der Waals surface area contributed by atoms with Gasteiger partial charge in [-0.15, -0.1) is 11.3 Å². The molecule has 0 aliphatic carbocycles. The topological polar surface area (TPSA) is 127 Å². The van der Waals surface area contributed by atoms with E-state index >= 15 is 0 Å². The number of thiazole rings is 1. The smallest absolute Gasteiger partial charge is 0.349 e. The third kappa shape index (κ3) is 6.09. The van der Waals surface area contributed by atoms with E-state index in [4.69, 9.17) is 5.26 Å². The summed E-state index contributed by atoms with van der Waals surface area (Å²) in [5.41, 5.74) is 0.256. The molecule has 1 amide bonds. The largest absolute Gasteiger partial charge is 0.477 e. The van der Waals surface area contributed by atoms with Crippen molar-refractivity contribution in [2.75, 3.05) is 31.5 Å². The average molecular weight is 470 g/mol. The fraction of sp³-hybridized carbons (Fsp3) is 0.391. The van der Waals surface area contributed by atoms with Gasteiger partial charge < -0.3 is 20.6 Å². The molecule has 0 radical (unpaired) electrons. The highest BCUT2D eigenvalue weighted by atomic mass is 32.1. The van der Waals surface area contributed by atoms with Crippen molar-refractivity contribution in [1.29, 1.82) is 5.26 Å². The molecule has 2 heterocycles. The summed E-state index contributed by atoms with van der Waals surface area (Å²) in [6.07, 6.45) is 4.87. The lowest BCUT2D eigenvalue weighted by Crippen LogP contribution is -2.32. The Morgan fingerprint density at radius 3 is 2.73 bits per heavy atom. The highest BCUT2D eigenvalue weighted by Crippen LogP contribution is 2.11. The van der Waals surface area contributed by atoms with Crippen LogP contribution in [0.15, 0.2) is 29.1 Å². The summed E-state index contributed by atoms with van der Waals surface area (Å²) in [5.74, 6) is -1.54. The number of rotatable bonds is 9. The molecule has 174 valence electrons. The second-order valence-corrected chi connectivity index (χ2v) is 8.67. The Balaban J connectivity index is 1.71. The maximum atomic E-state index is 12.6. The molecule has 0 atom stereocenters. The number of likely N-dealkylation sites (tertiary alicyclic amines) is 1. The minimum atomic E-state index is -1.38. The summed E-state index contributed by atoms with van der Waals surface area (Å²) in [6, 6.07) is 8.55. The van der Waals surface area contributed by atoms with Crippen molar-refractivity contribution < 1.29 is 14.7 Å². The van der Waals surface area contributed by atoms with Crippen LogP contribution in [0.1, 0.15) is 36.5 Å². The van der Waals surface area contributed by atoms with Gasteiger partial charge in [0.15, 0.2) is 5.57 Å². The molecule has 2 aromatic rings. The molecule has 0 saturated carbocycles. The number of nitrogens with zero attached hydrogens (tertiary/aromatic N) is 3. The number of hydrogen-bond donors (Lipinski definition) is 3. The quantitative estimate of drug-likeness (QED) is 0.463. The predicted molar refractivity (Wildman–Crippen MR) is 127 cm³/mol. The maximum Gasteiger partial charge on any atom is 0.349 e. The number of carboxylic acids is 1. The van der Waals surface area contributed by atoms with Gasteiger partial charge in [-0.1, -0.05) is 6.07 Å². The standard InChI is InChI=1S/C23H27N5O4S/c1-2-28-21(30)19(33-22(28)18(14-24)23(31)32)15-26-17-8-5-7-16(13-17)20(29)25-9-6-12-27-10-3-4-11-27/h5,7-8,13,15,26H,2-4,6,9-12H2,1H3,(H,25,29)(H,31,32)/b19-15+,22-18-. The number of carbonyl (C=O) groups excluding carboxylic acids is 1. The van der Waals surface area contributed by atoms with E-state index in [1.54, 1.807) is 37.3 Å². The molecular weight excluding hydrogens is 442 g/mol. The van der Waals surface area contributed by atoms with Crippen LogP contribution < -0.4 is 25.4 Å². The van der Waals surface area contributed by atoms with Crippen LogP contribution >= 0.6 is 11.3 Å². The predicted octanol–water partition coefficient (Wildman–Crippen LogP) is 0.754. The first-order valence-corrected chi connectivity index (χ1v) is 11.7. The van der Waals surface area contributed by atoms with E-state index in [0.29, 0.717) is 17.8 Å². The molecule has 3 rings (SSSR count). The van der Waals surface area contributed by atoms with E-state index in [0.717, 1.165) is 37.4 Å². The van der Waals surface area contributed by atoms with E-state index in [1.165, 1.54) is 23.6 Å². The third-order valence-corrected chi connectivity index (χ3v) is 6.52. The van der Waals surface area contributed by atoms with Crippen LogP contribution in [0.4, 0.5) is 5.69 Å². The van der Waals surface area contributed by atoms with Gasteiger partial charge in [0.25, 0.3) is 11.5 Å². The lowest BCUT2D eigenvalue weighted by atomic mass is 10.2. The van der Waals surface area contributed by atoms with Gasteiger partial charge in [0.2, 0.25) is 0 Å². The van der Waals surface area contributed by atoms with Gasteiger partial charge >= 0.3 is 5.97 Å². The number of hydrogen-bond acceptors (Lipinski definition) is 7. The third-order valence-electron chi connectivity index (χ3n) is 5.39. The fourth-order valence-electron chi connectivity index (χ4n) is 3.69. The summed E-state index contributed by atoms with van der Waals surface area (Å²) >= 11 is 0.934. The number of nitrogens with one attached hydrogen (secondary N) is 2. The zero-order chi connectivity index (χ0) is 23.8. The van der Waals surface area contributed by atoms with Gasteiger partial charge in [0, 0.05) is 30.5 Å². The summed E-state index contributed by atoms with van der Waals surface area (Å²) in [6.45, 7) is 5.82. The Kier molecular flexibility index (Phi) is 8.40. The van der Waals surface area contributed by atoms with Gasteiger partial charge in [-0.05, 0) is 64.0 Å². The second-order valence-electron chi connectivity index (χ2n) is 7.64. The highest BCUT2D eigenvalue weighted by Gasteiger charge is 2.14. The zero-order valence-electron chi connectivity index (χ0n) is 18.5. The Morgan fingerprint density at radius 1 is 1.30 bits per heavy atom. The van der Waals surface area contributed by atoms with E-state index in [9.17, 15) is 19.5 Å². The number of anilines is 1. The average Bonchev–Trinajstić information content (AvgIpc) is 3.43. The summed E-state index contributed by atoms with van der Waals surface area (Å²) in [5, 5.41) is 24.3. The molecule has 0 spiro atoms. The summed E-state index contributed by atoms with van der Waals surface area (Å²) < 4.78 is 1.63. The van der Waals surface area contributed by atoms with E-state index < -0.39 is 11.5 Å². The molecular formula is C23H27N5O4S. The number of carboxylic acid groups (broad SMARTS) is 1. The SMILES string of the molecule is CCn1c(=O)/c(=C\Nc2cccc(C(=O)NCCCN3CCCC3)c2)s/c1=C(/C#N)C(=O)O. The second kappa shape index (κ2) is 11.4. The van der Waals surface area contributed by atoms with E-state index in [2.05, 4.69) is 15.5 Å². The minimum absolute atomic E-state index is 0.104. The van der Waals surface area contributed by atoms with Gasteiger partial charge in [-0.3, -0.25) is 14.2 Å². The van der Waals surface area contributed by atoms with E-state index in [1.807, 2.05) is 0 Å². The summed E-state index contributed by atoms with van der Waals surface area (Å²) in [7, 11) is 0. The molecule has 1 aromatic heterocycles. The Hall–Kier alpha value is -3.42. The van der Waals surface area contributed by atoms with Crippen molar-refractivity contribution in [3.63, 3.8) is 0 Å². The van der Waals surface area contributed by atoms with Crippen LogP contribution in [0.3, 0.4) is 0 Å². The Labute approximate surface area is 195 Å². The van der Waals surface area contributed by atoms with Crippen LogP contribution in [0.5, 0.6) is 0 Å². The number of nitriles is 1. The Bertz CT molecular complexity index is 1230. The maximum absolute atomic E-state index is 12.6. The van der Waals surface area contributed by atoms with Crippen LogP contribution in [0.2, 0.25) is 0 Å². The van der Waals surface area contributed by atoms with Crippen molar-refractivity contribution in [3.05, 3.63) is 49.4 Å². The molecule has 3 N–H and O–H groups in total. The van der Waals surface area contributed by atoms with Crippen LogP contribution in [-0.4, -0.2) is 52.6 Å². The first-order valence-electron chi connectivity index (χ1n) is 10.9. The van der Waals surface area contributed by atoms with Gasteiger partial charge in [-0.2, -0.15) is 5.26 Å². The molecule has 33 heavy (non-hydrogen) atoms. The van der Waals surface area contributed by atoms with Crippen LogP contribution in [0, 0.1) is 11.3 Å². The van der Waals surface area contributed by atoms with Gasteiger partial charge in [-0.25, -0.2) is 4.79 Å². The molecule has 10 heteroatoms. The van der Waals surface area contributed by atoms with Crippen molar-refractivity contribution in [2.45, 2.75) is 32.7 Å². The molecule has 0 bridgehead atoms. The number of aromatic nitrogens is 1. The van der Waals surface area contributed by atoms with Crippen LogP contribution in [0.25, 0.3) is 11.8 Å². The highest BCUT2D eigenvalue weighted by molar-refractivity contribution is 7.07. The molecule has 9 nitrogen and oxygen atoms in total. The van der Waals surface area contributed by atoms with Crippen molar-refractivity contribution >= 4 is 40.7 Å². The van der Waals surface area contributed by atoms with E-state index in [-0.39, 0.29) is 27.2 Å². The van der Waals surface area contributed by atoms with Crippen LogP contribution in [-0.2, 0) is 11.3 Å². The molecule has 1 aliphatic rings. The van der Waals surface area contributed by atoms with Gasteiger partial charge in [0.05, 0.1) is 0 Å². The fourth-order valence-corrected chi connectivity index (χ4v) is 4.77. The first kappa shape index (κ1) is 24.2. The number of carbonyl (C=O) groups is 2. The monoisotopic (exact) mass is 469 g/mol. The lowest BCUT2D eigenvalue weighted by Gasteiger charge is -2.14. The van der Waals surface area contributed by atoms with Crippen molar-refractivity contribution in [1.82, 2.24) is 14.8 Å². The number of amides is 1. The van der Waals surface area contributed by atoms with Crippen molar-refractivity contribution in [2.24, 2.45) is 0 Å². The first-order chi connectivity index (χ1) is 15.9. The lowest BCUT2D eigenvalue weighted by molar-refractivity contribution is -0.130. The summed E-state index contributed by atoms with van der Waals surface area (Å²) in [4.78, 5) is 38.8. The molecule has 1 fully saturated rings. The Morgan fingerprint density at radius 2 is 2.06 bits per heavy atom. The number of aliphatic carboxylic acids is 1. The normalized spacial score (nSPS) is 15.2. The molecule has 1 aromatic carbocycles.